The predicted octanol–water partition coefficient (Wildman–Crippen LogP) is 4.62. The zero-order valence-corrected chi connectivity index (χ0v) is 14.8. The first kappa shape index (κ1) is 17.3. The zero-order chi connectivity index (χ0) is 17.0. The molecule has 0 spiro atoms. The molecule has 124 valence electrons. The first-order valence-electron chi connectivity index (χ1n) is 8.60. The van der Waals surface area contributed by atoms with E-state index in [1.807, 2.05) is 6.92 Å². The molecule has 1 aromatic heterocycles. The first-order valence-corrected chi connectivity index (χ1v) is 8.60. The fourth-order valence-electron chi connectivity index (χ4n) is 3.25. The van der Waals surface area contributed by atoms with Crippen LogP contribution in [0.1, 0.15) is 60.4 Å². The molecule has 1 aromatic carbocycles. The minimum absolute atomic E-state index is 0.328. The van der Waals surface area contributed by atoms with E-state index < -0.39 is 0 Å². The van der Waals surface area contributed by atoms with Crippen LogP contribution in [0.25, 0.3) is 11.1 Å². The van der Waals surface area contributed by atoms with Crippen molar-refractivity contribution in [3.8, 4) is 11.1 Å². The van der Waals surface area contributed by atoms with Gasteiger partial charge in [-0.3, -0.25) is 4.79 Å². The second-order valence-electron chi connectivity index (χ2n) is 6.27. The summed E-state index contributed by atoms with van der Waals surface area (Å²) in [6, 6.07) is 8.38. The highest BCUT2D eigenvalue weighted by atomic mass is 16.1. The molecule has 0 unspecified atom stereocenters. The Hall–Kier alpha value is -2.03. The Balaban J connectivity index is 2.70. The van der Waals surface area contributed by atoms with Crippen molar-refractivity contribution in [1.29, 1.82) is 0 Å². The molecule has 2 N–H and O–H groups in total. The third kappa shape index (κ3) is 3.49. The molecule has 0 saturated carbocycles. The maximum atomic E-state index is 12.1. The monoisotopic (exact) mass is 312 g/mol. The maximum Gasteiger partial charge on any atom is 0.251 e. The van der Waals surface area contributed by atoms with Gasteiger partial charge in [-0.25, -0.2) is 0 Å². The van der Waals surface area contributed by atoms with E-state index in [-0.39, 0.29) is 5.91 Å². The number of nitrogens with two attached hydrogens (primary N) is 1. The smallest absolute Gasteiger partial charge is 0.251 e. The van der Waals surface area contributed by atoms with E-state index in [2.05, 4.69) is 49.6 Å². The molecule has 1 heterocycles. The summed E-state index contributed by atoms with van der Waals surface area (Å²) in [4.78, 5) is 12.1. The molecule has 0 radical (unpaired) electrons. The summed E-state index contributed by atoms with van der Waals surface area (Å²) in [6.45, 7) is 9.41. The van der Waals surface area contributed by atoms with Gasteiger partial charge in [-0.2, -0.15) is 0 Å². The number of nitrogens with zero attached hydrogens (tertiary/aromatic N) is 1. The number of aryl methyl sites for hydroxylation is 1. The molecule has 23 heavy (non-hydrogen) atoms. The minimum Gasteiger partial charge on any atom is -0.366 e. The van der Waals surface area contributed by atoms with Crippen LogP contribution in [0.15, 0.2) is 24.3 Å². The van der Waals surface area contributed by atoms with Gasteiger partial charge < -0.3 is 10.3 Å². The van der Waals surface area contributed by atoms with Crippen molar-refractivity contribution in [2.45, 2.75) is 59.9 Å². The lowest BCUT2D eigenvalue weighted by molar-refractivity contribution is 0.1000. The Morgan fingerprint density at radius 1 is 1.09 bits per heavy atom. The van der Waals surface area contributed by atoms with Gasteiger partial charge in [-0.1, -0.05) is 56.5 Å². The summed E-state index contributed by atoms with van der Waals surface area (Å²) >= 11 is 0. The molecule has 3 heteroatoms. The SMILES string of the molecule is CCCCn1c(C)c(C(N)=O)c(-c2ccc(C)cc2)c1CCC. The number of rotatable bonds is 7. The third-order valence-corrected chi connectivity index (χ3v) is 4.44. The van der Waals surface area contributed by atoms with Crippen molar-refractivity contribution in [3.63, 3.8) is 0 Å². The van der Waals surface area contributed by atoms with Gasteiger partial charge in [-0.05, 0) is 32.3 Å². The Labute approximate surface area is 139 Å². The summed E-state index contributed by atoms with van der Waals surface area (Å²) in [7, 11) is 0. The van der Waals surface area contributed by atoms with Crippen molar-refractivity contribution >= 4 is 5.91 Å². The molecule has 2 aromatic rings. The number of carbonyl (C=O) groups excluding carboxylic acids is 1. The van der Waals surface area contributed by atoms with Crippen molar-refractivity contribution in [2.24, 2.45) is 5.73 Å². The molecule has 1 amide bonds. The number of carbonyl (C=O) groups is 1. The van der Waals surface area contributed by atoms with Crippen LogP contribution < -0.4 is 5.73 Å². The van der Waals surface area contributed by atoms with E-state index in [0.29, 0.717) is 5.56 Å². The molecule has 2 rings (SSSR count). The highest BCUT2D eigenvalue weighted by molar-refractivity contribution is 6.02. The maximum absolute atomic E-state index is 12.1. The molecular formula is C20H28N2O. The Morgan fingerprint density at radius 3 is 2.26 bits per heavy atom. The number of benzene rings is 1. The van der Waals surface area contributed by atoms with Crippen LogP contribution in [0.2, 0.25) is 0 Å². The number of primary amides is 1. The molecule has 0 bridgehead atoms. The molecule has 0 aliphatic carbocycles. The quantitative estimate of drug-likeness (QED) is 0.796. The van der Waals surface area contributed by atoms with Crippen molar-refractivity contribution < 1.29 is 4.79 Å². The van der Waals surface area contributed by atoms with Gasteiger partial charge in [0.05, 0.1) is 5.56 Å². The Morgan fingerprint density at radius 2 is 1.74 bits per heavy atom. The lowest BCUT2D eigenvalue weighted by Crippen LogP contribution is -2.13. The fourth-order valence-corrected chi connectivity index (χ4v) is 3.25. The van der Waals surface area contributed by atoms with Crippen LogP contribution in [0.5, 0.6) is 0 Å². The van der Waals surface area contributed by atoms with E-state index in [0.717, 1.165) is 49.0 Å². The minimum atomic E-state index is -0.328. The molecule has 3 nitrogen and oxygen atoms in total. The van der Waals surface area contributed by atoms with Crippen LogP contribution in [0.4, 0.5) is 0 Å². The van der Waals surface area contributed by atoms with Crippen LogP contribution in [0, 0.1) is 13.8 Å². The van der Waals surface area contributed by atoms with Crippen LogP contribution in [-0.4, -0.2) is 10.5 Å². The molecular weight excluding hydrogens is 284 g/mol. The molecule has 0 aliphatic rings. The lowest BCUT2D eigenvalue weighted by Gasteiger charge is -2.12. The largest absolute Gasteiger partial charge is 0.366 e. The Kier molecular flexibility index (Phi) is 5.64. The van der Waals surface area contributed by atoms with E-state index >= 15 is 0 Å². The standard InChI is InChI=1S/C20H28N2O/c1-5-7-13-22-15(4)18(20(21)23)19(17(22)8-6-2)16-11-9-14(3)10-12-16/h9-12H,5-8,13H2,1-4H3,(H2,21,23). The van der Waals surface area contributed by atoms with Crippen molar-refractivity contribution in [3.05, 3.63) is 46.8 Å². The van der Waals surface area contributed by atoms with Gasteiger partial charge in [0, 0.05) is 23.5 Å². The fraction of sp³-hybridized carbons (Fsp3) is 0.450. The van der Waals surface area contributed by atoms with E-state index in [4.69, 9.17) is 5.73 Å². The van der Waals surface area contributed by atoms with Crippen LogP contribution in [0.3, 0.4) is 0 Å². The predicted molar refractivity (Wildman–Crippen MR) is 96.8 cm³/mol. The highest BCUT2D eigenvalue weighted by Gasteiger charge is 2.23. The molecule has 0 aliphatic heterocycles. The summed E-state index contributed by atoms with van der Waals surface area (Å²) in [5.41, 5.74) is 12.0. The van der Waals surface area contributed by atoms with Gasteiger partial charge in [0.2, 0.25) is 0 Å². The molecule has 0 fully saturated rings. The normalized spacial score (nSPS) is 11.0. The van der Waals surface area contributed by atoms with Gasteiger partial charge in [-0.15, -0.1) is 0 Å². The summed E-state index contributed by atoms with van der Waals surface area (Å²) in [5, 5.41) is 0. The average Bonchev–Trinajstić information content (AvgIpc) is 2.79. The van der Waals surface area contributed by atoms with Gasteiger partial charge in [0.15, 0.2) is 0 Å². The second-order valence-corrected chi connectivity index (χ2v) is 6.27. The van der Waals surface area contributed by atoms with Crippen molar-refractivity contribution in [1.82, 2.24) is 4.57 Å². The Bertz CT molecular complexity index is 681. The second kappa shape index (κ2) is 7.49. The van der Waals surface area contributed by atoms with Crippen LogP contribution in [-0.2, 0) is 13.0 Å². The zero-order valence-electron chi connectivity index (χ0n) is 14.8. The van der Waals surface area contributed by atoms with Crippen LogP contribution >= 0.6 is 0 Å². The number of aromatic nitrogens is 1. The van der Waals surface area contributed by atoms with Gasteiger partial charge in [0.1, 0.15) is 0 Å². The molecule has 0 saturated heterocycles. The van der Waals surface area contributed by atoms with E-state index in [9.17, 15) is 4.79 Å². The number of hydrogen-bond donors (Lipinski definition) is 1. The van der Waals surface area contributed by atoms with E-state index in [1.165, 1.54) is 11.3 Å². The van der Waals surface area contributed by atoms with Gasteiger partial charge in [0.25, 0.3) is 5.91 Å². The van der Waals surface area contributed by atoms with Crippen molar-refractivity contribution in [2.75, 3.05) is 0 Å². The number of amides is 1. The number of unbranched alkanes of at least 4 members (excludes halogenated alkanes) is 1. The third-order valence-electron chi connectivity index (χ3n) is 4.44. The molecule has 0 atom stereocenters. The average molecular weight is 312 g/mol. The number of hydrogen-bond acceptors (Lipinski definition) is 1. The lowest BCUT2D eigenvalue weighted by atomic mass is 9.97. The van der Waals surface area contributed by atoms with E-state index in [1.54, 1.807) is 0 Å². The first-order chi connectivity index (χ1) is 11.0. The summed E-state index contributed by atoms with van der Waals surface area (Å²) in [6.07, 6.45) is 4.25. The topological polar surface area (TPSA) is 48.0 Å². The van der Waals surface area contributed by atoms with Gasteiger partial charge >= 0.3 is 0 Å². The summed E-state index contributed by atoms with van der Waals surface area (Å²) in [5.74, 6) is -0.328. The summed E-state index contributed by atoms with van der Waals surface area (Å²) < 4.78 is 2.31. The highest BCUT2D eigenvalue weighted by Crippen LogP contribution is 2.34.